The van der Waals surface area contributed by atoms with Crippen molar-refractivity contribution in [1.29, 1.82) is 0 Å². The third-order valence-corrected chi connectivity index (χ3v) is 2.39. The molecule has 1 aromatic rings. The van der Waals surface area contributed by atoms with Gasteiger partial charge in [0.2, 0.25) is 5.91 Å². The molecule has 0 heterocycles. The van der Waals surface area contributed by atoms with E-state index in [2.05, 4.69) is 0 Å². The second kappa shape index (κ2) is 6.64. The molecule has 5 heteroatoms. The minimum absolute atomic E-state index is 0.0145. The molecule has 18 heavy (non-hydrogen) atoms. The molecule has 0 aliphatic heterocycles. The van der Waals surface area contributed by atoms with Crippen LogP contribution in [0, 0.1) is 0 Å². The van der Waals surface area contributed by atoms with Gasteiger partial charge in [0.25, 0.3) is 0 Å². The highest BCUT2D eigenvalue weighted by molar-refractivity contribution is 5.81. The first kappa shape index (κ1) is 14.0. The number of nitrogens with zero attached hydrogens (tertiary/aromatic N) is 2. The van der Waals surface area contributed by atoms with Crippen LogP contribution in [0.25, 0.3) is 0 Å². The van der Waals surface area contributed by atoms with Crippen molar-refractivity contribution in [3.05, 3.63) is 35.9 Å². The summed E-state index contributed by atoms with van der Waals surface area (Å²) in [7, 11) is 4.83. The van der Waals surface area contributed by atoms with E-state index in [1.54, 1.807) is 14.1 Å². The summed E-state index contributed by atoms with van der Waals surface area (Å²) < 4.78 is 5.09. The van der Waals surface area contributed by atoms with Gasteiger partial charge in [-0.05, 0) is 5.56 Å². The van der Waals surface area contributed by atoms with Crippen molar-refractivity contribution in [3.8, 4) is 0 Å². The quantitative estimate of drug-likeness (QED) is 0.810. The van der Waals surface area contributed by atoms with Crippen LogP contribution < -0.4 is 0 Å². The lowest BCUT2D eigenvalue weighted by Crippen LogP contribution is -2.37. The van der Waals surface area contributed by atoms with E-state index in [9.17, 15) is 9.59 Å². The third-order valence-electron chi connectivity index (χ3n) is 2.39. The Morgan fingerprint density at radius 2 is 1.72 bits per heavy atom. The summed E-state index contributed by atoms with van der Waals surface area (Å²) in [5.41, 5.74) is 0.915. The van der Waals surface area contributed by atoms with E-state index in [1.165, 1.54) is 16.8 Å². The zero-order chi connectivity index (χ0) is 13.5. The number of hydrogen-bond acceptors (Lipinski definition) is 3. The summed E-state index contributed by atoms with van der Waals surface area (Å²) in [6.45, 7) is 0.223. The molecule has 0 atom stereocenters. The molecule has 0 unspecified atom stereocenters. The van der Waals surface area contributed by atoms with Crippen molar-refractivity contribution in [2.75, 3.05) is 27.7 Å². The highest BCUT2D eigenvalue weighted by Crippen LogP contribution is 2.02. The summed E-state index contributed by atoms with van der Waals surface area (Å²) in [5.74, 6) is -0.144. The van der Waals surface area contributed by atoms with Gasteiger partial charge in [0.15, 0.2) is 0 Å². The molecule has 1 rings (SSSR count). The van der Waals surface area contributed by atoms with Crippen molar-refractivity contribution in [1.82, 2.24) is 9.80 Å². The zero-order valence-electron chi connectivity index (χ0n) is 10.9. The zero-order valence-corrected chi connectivity index (χ0v) is 10.9. The van der Waals surface area contributed by atoms with E-state index in [0.29, 0.717) is 0 Å². The number of ether oxygens (including phenoxy) is 1. The highest BCUT2D eigenvalue weighted by atomic mass is 16.6. The molecule has 0 aliphatic rings. The number of carbonyl (C=O) groups is 2. The van der Waals surface area contributed by atoms with E-state index < -0.39 is 6.09 Å². The van der Waals surface area contributed by atoms with Gasteiger partial charge in [0.1, 0.15) is 13.2 Å². The largest absolute Gasteiger partial charge is 0.445 e. The number of hydrogen-bond donors (Lipinski definition) is 0. The molecule has 0 aliphatic carbocycles. The van der Waals surface area contributed by atoms with E-state index in [1.807, 2.05) is 30.3 Å². The molecule has 0 radical (unpaired) electrons. The molecule has 0 aromatic heterocycles. The molecule has 0 spiro atoms. The molecule has 0 saturated carbocycles. The van der Waals surface area contributed by atoms with Crippen molar-refractivity contribution < 1.29 is 14.3 Å². The van der Waals surface area contributed by atoms with Gasteiger partial charge in [-0.15, -0.1) is 0 Å². The van der Waals surface area contributed by atoms with Crippen LogP contribution in [0.2, 0.25) is 0 Å². The standard InChI is InChI=1S/C13H18N2O3/c1-14(2)12(16)9-15(3)13(17)18-10-11-7-5-4-6-8-11/h4-8H,9-10H2,1-3H3. The Kier molecular flexibility index (Phi) is 5.17. The topological polar surface area (TPSA) is 49.9 Å². The van der Waals surface area contributed by atoms with Crippen molar-refractivity contribution in [3.63, 3.8) is 0 Å². The molecule has 1 aromatic carbocycles. The molecule has 2 amide bonds. The van der Waals surface area contributed by atoms with Crippen LogP contribution in [0.15, 0.2) is 30.3 Å². The van der Waals surface area contributed by atoms with Gasteiger partial charge in [-0.3, -0.25) is 4.79 Å². The Bertz CT molecular complexity index is 404. The number of likely N-dealkylation sites (N-methyl/N-ethyl adjacent to an activating group) is 2. The summed E-state index contributed by atoms with van der Waals surface area (Å²) in [6, 6.07) is 9.40. The Morgan fingerprint density at radius 1 is 1.11 bits per heavy atom. The van der Waals surface area contributed by atoms with Crippen molar-refractivity contribution in [2.24, 2.45) is 0 Å². The van der Waals surface area contributed by atoms with Crippen LogP contribution in [0.4, 0.5) is 4.79 Å². The fourth-order valence-electron chi connectivity index (χ4n) is 1.24. The van der Waals surface area contributed by atoms with E-state index in [0.717, 1.165) is 5.56 Å². The normalized spacial score (nSPS) is 9.72. The van der Waals surface area contributed by atoms with Crippen LogP contribution >= 0.6 is 0 Å². The molecule has 0 saturated heterocycles. The first-order chi connectivity index (χ1) is 8.50. The molecule has 5 nitrogen and oxygen atoms in total. The van der Waals surface area contributed by atoms with Gasteiger partial charge in [-0.1, -0.05) is 30.3 Å². The Balaban J connectivity index is 2.39. The molecular formula is C13H18N2O3. The predicted molar refractivity (Wildman–Crippen MR) is 68.0 cm³/mol. The van der Waals surface area contributed by atoms with Crippen LogP contribution in [-0.2, 0) is 16.1 Å². The fraction of sp³-hybridized carbons (Fsp3) is 0.385. The van der Waals surface area contributed by atoms with Crippen LogP contribution in [-0.4, -0.2) is 49.5 Å². The maximum atomic E-state index is 11.6. The van der Waals surface area contributed by atoms with Gasteiger partial charge >= 0.3 is 6.09 Å². The molecule has 98 valence electrons. The SMILES string of the molecule is CN(C)C(=O)CN(C)C(=O)OCc1ccccc1. The van der Waals surface area contributed by atoms with Gasteiger partial charge in [0, 0.05) is 21.1 Å². The number of benzene rings is 1. The summed E-state index contributed by atoms with van der Waals surface area (Å²) >= 11 is 0. The smallest absolute Gasteiger partial charge is 0.410 e. The molecule has 0 N–H and O–H groups in total. The monoisotopic (exact) mass is 250 g/mol. The average molecular weight is 250 g/mol. The molecular weight excluding hydrogens is 232 g/mol. The Hall–Kier alpha value is -2.04. The lowest BCUT2D eigenvalue weighted by atomic mass is 10.2. The maximum absolute atomic E-state index is 11.6. The fourth-order valence-corrected chi connectivity index (χ4v) is 1.24. The maximum Gasteiger partial charge on any atom is 0.410 e. The Morgan fingerprint density at radius 3 is 2.28 bits per heavy atom. The minimum atomic E-state index is -0.506. The first-order valence-corrected chi connectivity index (χ1v) is 5.62. The van der Waals surface area contributed by atoms with Gasteiger partial charge < -0.3 is 14.5 Å². The second-order valence-corrected chi connectivity index (χ2v) is 4.18. The lowest BCUT2D eigenvalue weighted by molar-refractivity contribution is -0.129. The first-order valence-electron chi connectivity index (χ1n) is 5.62. The number of carbonyl (C=O) groups excluding carboxylic acids is 2. The van der Waals surface area contributed by atoms with Gasteiger partial charge in [-0.25, -0.2) is 4.79 Å². The van der Waals surface area contributed by atoms with Gasteiger partial charge in [-0.2, -0.15) is 0 Å². The van der Waals surface area contributed by atoms with Crippen molar-refractivity contribution >= 4 is 12.0 Å². The van der Waals surface area contributed by atoms with E-state index in [-0.39, 0.29) is 19.1 Å². The molecule has 0 bridgehead atoms. The van der Waals surface area contributed by atoms with Crippen LogP contribution in [0.3, 0.4) is 0 Å². The molecule has 0 fully saturated rings. The minimum Gasteiger partial charge on any atom is -0.445 e. The average Bonchev–Trinajstić information content (AvgIpc) is 2.36. The number of rotatable bonds is 4. The second-order valence-electron chi connectivity index (χ2n) is 4.18. The lowest BCUT2D eigenvalue weighted by Gasteiger charge is -2.18. The number of amides is 2. The summed E-state index contributed by atoms with van der Waals surface area (Å²) in [5, 5.41) is 0. The third kappa shape index (κ3) is 4.45. The van der Waals surface area contributed by atoms with E-state index >= 15 is 0 Å². The van der Waals surface area contributed by atoms with Crippen LogP contribution in [0.1, 0.15) is 5.56 Å². The summed E-state index contributed by atoms with van der Waals surface area (Å²) in [4.78, 5) is 25.7. The van der Waals surface area contributed by atoms with Crippen LogP contribution in [0.5, 0.6) is 0 Å². The van der Waals surface area contributed by atoms with Crippen molar-refractivity contribution in [2.45, 2.75) is 6.61 Å². The predicted octanol–water partition coefficient (Wildman–Crippen LogP) is 1.34. The van der Waals surface area contributed by atoms with Gasteiger partial charge in [0.05, 0.1) is 0 Å². The Labute approximate surface area is 107 Å². The highest BCUT2D eigenvalue weighted by Gasteiger charge is 2.15. The van der Waals surface area contributed by atoms with E-state index in [4.69, 9.17) is 4.74 Å². The summed E-state index contributed by atoms with van der Waals surface area (Å²) in [6.07, 6.45) is -0.506.